The number of hydrogen-bond acceptors (Lipinski definition) is 4. The zero-order valence-electron chi connectivity index (χ0n) is 12.8. The zero-order chi connectivity index (χ0) is 17.2. The van der Waals surface area contributed by atoms with Crippen molar-refractivity contribution in [2.75, 3.05) is 0 Å². The van der Waals surface area contributed by atoms with Crippen LogP contribution in [0.25, 0.3) is 11.3 Å². The maximum absolute atomic E-state index is 13.7. The summed E-state index contributed by atoms with van der Waals surface area (Å²) < 4.78 is 42.2. The van der Waals surface area contributed by atoms with E-state index in [1.54, 1.807) is 23.3 Å². The predicted octanol–water partition coefficient (Wildman–Crippen LogP) is 2.10. The molecule has 0 spiro atoms. The average Bonchev–Trinajstić information content (AvgIpc) is 3.00. The molecule has 0 aliphatic rings. The van der Waals surface area contributed by atoms with E-state index in [9.17, 15) is 12.8 Å². The molecule has 3 aromatic rings. The van der Waals surface area contributed by atoms with Crippen LogP contribution >= 0.6 is 0 Å². The van der Waals surface area contributed by atoms with Gasteiger partial charge in [-0.1, -0.05) is 12.1 Å². The SMILES string of the molecule is Cn1nccc1-c1cncc(CNS(=O)(=O)c2ccccc2F)c1. The summed E-state index contributed by atoms with van der Waals surface area (Å²) in [5, 5.41) is 4.09. The van der Waals surface area contributed by atoms with Gasteiger partial charge in [-0.2, -0.15) is 5.10 Å². The van der Waals surface area contributed by atoms with Crippen molar-refractivity contribution < 1.29 is 12.8 Å². The van der Waals surface area contributed by atoms with Gasteiger partial charge in [-0.05, 0) is 29.8 Å². The highest BCUT2D eigenvalue weighted by Crippen LogP contribution is 2.19. The number of aryl methyl sites for hydroxylation is 1. The van der Waals surface area contributed by atoms with Gasteiger partial charge in [0.1, 0.15) is 10.7 Å². The highest BCUT2D eigenvalue weighted by molar-refractivity contribution is 7.89. The maximum Gasteiger partial charge on any atom is 0.243 e. The lowest BCUT2D eigenvalue weighted by atomic mass is 10.1. The maximum atomic E-state index is 13.7. The Morgan fingerprint density at radius 2 is 2.00 bits per heavy atom. The van der Waals surface area contributed by atoms with E-state index in [2.05, 4.69) is 14.8 Å². The van der Waals surface area contributed by atoms with E-state index in [4.69, 9.17) is 0 Å². The zero-order valence-corrected chi connectivity index (χ0v) is 13.7. The molecule has 0 bridgehead atoms. The number of sulfonamides is 1. The molecule has 0 unspecified atom stereocenters. The van der Waals surface area contributed by atoms with Crippen LogP contribution in [0.4, 0.5) is 4.39 Å². The minimum absolute atomic E-state index is 0.00928. The predicted molar refractivity (Wildman–Crippen MR) is 86.9 cm³/mol. The van der Waals surface area contributed by atoms with Gasteiger partial charge in [0.2, 0.25) is 10.0 Å². The first-order valence-corrected chi connectivity index (χ1v) is 8.62. The third-order valence-corrected chi connectivity index (χ3v) is 4.94. The molecule has 1 N–H and O–H groups in total. The van der Waals surface area contributed by atoms with Gasteiger partial charge in [-0.15, -0.1) is 0 Å². The Hall–Kier alpha value is -2.58. The molecule has 0 saturated heterocycles. The molecule has 24 heavy (non-hydrogen) atoms. The summed E-state index contributed by atoms with van der Waals surface area (Å²) in [7, 11) is -2.13. The molecular weight excluding hydrogens is 331 g/mol. The number of halogens is 1. The third kappa shape index (κ3) is 3.34. The number of pyridine rings is 1. The van der Waals surface area contributed by atoms with Crippen LogP contribution in [0, 0.1) is 5.82 Å². The van der Waals surface area contributed by atoms with Gasteiger partial charge >= 0.3 is 0 Å². The average molecular weight is 346 g/mol. The van der Waals surface area contributed by atoms with E-state index in [1.807, 2.05) is 19.2 Å². The van der Waals surface area contributed by atoms with Gasteiger partial charge in [0.05, 0.1) is 5.69 Å². The number of aromatic nitrogens is 3. The fourth-order valence-corrected chi connectivity index (χ4v) is 3.39. The van der Waals surface area contributed by atoms with Crippen LogP contribution in [0.2, 0.25) is 0 Å². The highest BCUT2D eigenvalue weighted by atomic mass is 32.2. The summed E-state index contributed by atoms with van der Waals surface area (Å²) in [4.78, 5) is 3.75. The summed E-state index contributed by atoms with van der Waals surface area (Å²) in [5.41, 5.74) is 2.34. The number of hydrogen-bond donors (Lipinski definition) is 1. The molecule has 0 amide bonds. The minimum atomic E-state index is -3.93. The third-order valence-electron chi connectivity index (χ3n) is 3.50. The van der Waals surface area contributed by atoms with Gasteiger partial charge in [0.25, 0.3) is 0 Å². The number of rotatable bonds is 5. The topological polar surface area (TPSA) is 76.9 Å². The summed E-state index contributed by atoms with van der Waals surface area (Å²) in [6.07, 6.45) is 4.90. The normalized spacial score (nSPS) is 11.6. The van der Waals surface area contributed by atoms with Crippen molar-refractivity contribution in [2.45, 2.75) is 11.4 Å². The van der Waals surface area contributed by atoms with E-state index in [0.29, 0.717) is 5.56 Å². The second-order valence-corrected chi connectivity index (χ2v) is 6.91. The van der Waals surface area contributed by atoms with Crippen molar-refractivity contribution in [1.29, 1.82) is 0 Å². The molecule has 124 valence electrons. The standard InChI is InChI=1S/C16H15FN4O2S/c1-21-15(6-7-19-21)13-8-12(9-18-11-13)10-20-24(22,23)16-5-3-2-4-14(16)17/h2-9,11,20H,10H2,1H3. The van der Waals surface area contributed by atoms with E-state index >= 15 is 0 Å². The molecule has 0 radical (unpaired) electrons. The first kappa shape index (κ1) is 16.3. The summed E-state index contributed by atoms with van der Waals surface area (Å²) in [6, 6.07) is 8.90. The van der Waals surface area contributed by atoms with E-state index in [1.165, 1.54) is 18.2 Å². The van der Waals surface area contributed by atoms with Gasteiger partial charge in [0.15, 0.2) is 0 Å². The molecule has 3 rings (SSSR count). The van der Waals surface area contributed by atoms with Crippen molar-refractivity contribution in [2.24, 2.45) is 7.05 Å². The number of nitrogens with zero attached hydrogens (tertiary/aromatic N) is 3. The fraction of sp³-hybridized carbons (Fsp3) is 0.125. The highest BCUT2D eigenvalue weighted by Gasteiger charge is 2.18. The van der Waals surface area contributed by atoms with Crippen molar-refractivity contribution in [3.05, 3.63) is 66.4 Å². The fourth-order valence-electron chi connectivity index (χ4n) is 2.30. The van der Waals surface area contributed by atoms with E-state index in [-0.39, 0.29) is 11.4 Å². The first-order valence-electron chi connectivity index (χ1n) is 7.14. The molecule has 0 atom stereocenters. The molecule has 0 fully saturated rings. The van der Waals surface area contributed by atoms with Crippen molar-refractivity contribution in [3.8, 4) is 11.3 Å². The Balaban J connectivity index is 1.80. The van der Waals surface area contributed by atoms with Crippen LogP contribution in [0.5, 0.6) is 0 Å². The van der Waals surface area contributed by atoms with Crippen molar-refractivity contribution in [3.63, 3.8) is 0 Å². The van der Waals surface area contributed by atoms with Gasteiger partial charge in [-0.25, -0.2) is 17.5 Å². The summed E-state index contributed by atoms with van der Waals surface area (Å²) >= 11 is 0. The molecule has 2 aromatic heterocycles. The lowest BCUT2D eigenvalue weighted by Crippen LogP contribution is -2.24. The summed E-state index contributed by atoms with van der Waals surface area (Å²) in [5.74, 6) is -0.785. The largest absolute Gasteiger partial charge is 0.268 e. The number of benzene rings is 1. The van der Waals surface area contributed by atoms with Gasteiger partial charge in [-0.3, -0.25) is 9.67 Å². The van der Waals surface area contributed by atoms with Crippen LogP contribution in [0.15, 0.2) is 59.9 Å². The Morgan fingerprint density at radius 3 is 2.71 bits per heavy atom. The Labute approximate surface area is 139 Å². The molecule has 8 heteroatoms. The van der Waals surface area contributed by atoms with Crippen LogP contribution in [-0.2, 0) is 23.6 Å². The van der Waals surface area contributed by atoms with E-state index in [0.717, 1.165) is 17.3 Å². The van der Waals surface area contributed by atoms with Crippen LogP contribution in [0.1, 0.15) is 5.56 Å². The first-order chi connectivity index (χ1) is 11.5. The molecule has 6 nitrogen and oxygen atoms in total. The Bertz CT molecular complexity index is 969. The van der Waals surface area contributed by atoms with Crippen LogP contribution in [0.3, 0.4) is 0 Å². The van der Waals surface area contributed by atoms with Crippen molar-refractivity contribution >= 4 is 10.0 Å². The number of nitrogens with one attached hydrogen (secondary N) is 1. The summed E-state index contributed by atoms with van der Waals surface area (Å²) in [6.45, 7) is 0.00928. The lowest BCUT2D eigenvalue weighted by Gasteiger charge is -2.09. The van der Waals surface area contributed by atoms with Crippen LogP contribution in [-0.4, -0.2) is 23.2 Å². The minimum Gasteiger partial charge on any atom is -0.268 e. The quantitative estimate of drug-likeness (QED) is 0.767. The van der Waals surface area contributed by atoms with Crippen LogP contribution < -0.4 is 4.72 Å². The van der Waals surface area contributed by atoms with Crippen molar-refractivity contribution in [1.82, 2.24) is 19.5 Å². The Morgan fingerprint density at radius 1 is 1.21 bits per heavy atom. The monoisotopic (exact) mass is 346 g/mol. The second kappa shape index (κ2) is 6.50. The smallest absolute Gasteiger partial charge is 0.243 e. The molecule has 1 aromatic carbocycles. The molecule has 0 saturated carbocycles. The lowest BCUT2D eigenvalue weighted by molar-refractivity contribution is 0.556. The molecule has 0 aliphatic heterocycles. The Kier molecular flexibility index (Phi) is 4.41. The molecule has 0 aliphatic carbocycles. The van der Waals surface area contributed by atoms with Gasteiger partial charge < -0.3 is 0 Å². The van der Waals surface area contributed by atoms with Gasteiger partial charge in [0, 0.05) is 37.7 Å². The van der Waals surface area contributed by atoms with E-state index < -0.39 is 15.8 Å². The molecular formula is C16H15FN4O2S. The molecule has 2 heterocycles. The second-order valence-electron chi connectivity index (χ2n) is 5.18.